The molecule has 3 nitrogen and oxygen atoms in total. The number of anilines is 1. The lowest BCUT2D eigenvalue weighted by atomic mass is 10.0. The van der Waals surface area contributed by atoms with Crippen LogP contribution >= 0.6 is 0 Å². The molecule has 2 N–H and O–H groups in total. The van der Waals surface area contributed by atoms with E-state index in [9.17, 15) is 9.59 Å². The van der Waals surface area contributed by atoms with Gasteiger partial charge in [-0.1, -0.05) is 42.5 Å². The lowest BCUT2D eigenvalue weighted by Crippen LogP contribution is -2.14. The highest BCUT2D eigenvalue weighted by molar-refractivity contribution is 6.43. The number of benzene rings is 2. The molecule has 3 heteroatoms. The Labute approximate surface area is 112 Å². The topological polar surface area (TPSA) is 60.2 Å². The summed E-state index contributed by atoms with van der Waals surface area (Å²) in [5.74, 6) is -0.779. The van der Waals surface area contributed by atoms with E-state index in [1.165, 1.54) is 0 Å². The standard InChI is InChI=1S/C16H15NO2/c17-14-9-6-12(7-10-14)8-11-15(18)16(19)13-4-2-1-3-5-13/h1-7,9-10H,8,11,17H2. The zero-order chi connectivity index (χ0) is 13.7. The molecule has 0 unspecified atom stereocenters. The number of carbonyl (C=O) groups is 2. The van der Waals surface area contributed by atoms with Gasteiger partial charge in [0.25, 0.3) is 0 Å². The van der Waals surface area contributed by atoms with Crippen LogP contribution in [0.1, 0.15) is 22.3 Å². The molecule has 0 aliphatic rings. The van der Waals surface area contributed by atoms with Gasteiger partial charge in [0.2, 0.25) is 11.6 Å². The van der Waals surface area contributed by atoms with Gasteiger partial charge in [0.1, 0.15) is 0 Å². The lowest BCUT2D eigenvalue weighted by Gasteiger charge is -2.02. The van der Waals surface area contributed by atoms with Crippen LogP contribution in [0, 0.1) is 0 Å². The van der Waals surface area contributed by atoms with E-state index in [-0.39, 0.29) is 12.2 Å². The van der Waals surface area contributed by atoms with Gasteiger partial charge in [-0.15, -0.1) is 0 Å². The van der Waals surface area contributed by atoms with E-state index >= 15 is 0 Å². The summed E-state index contributed by atoms with van der Waals surface area (Å²) in [4.78, 5) is 23.7. The van der Waals surface area contributed by atoms with Gasteiger partial charge >= 0.3 is 0 Å². The minimum absolute atomic E-state index is 0.220. The van der Waals surface area contributed by atoms with Gasteiger partial charge in [0.05, 0.1) is 0 Å². The van der Waals surface area contributed by atoms with E-state index in [1.54, 1.807) is 36.4 Å². The van der Waals surface area contributed by atoms with Crippen molar-refractivity contribution < 1.29 is 9.59 Å². The van der Waals surface area contributed by atoms with E-state index in [2.05, 4.69) is 0 Å². The third kappa shape index (κ3) is 3.52. The number of hydrogen-bond donors (Lipinski definition) is 1. The SMILES string of the molecule is Nc1ccc(CCC(=O)C(=O)c2ccccc2)cc1. The maximum Gasteiger partial charge on any atom is 0.228 e. The van der Waals surface area contributed by atoms with Crippen LogP contribution in [0.3, 0.4) is 0 Å². The number of Topliss-reactive ketones (excluding diaryl/α,β-unsaturated/α-hetero) is 2. The molecule has 0 amide bonds. The fourth-order valence-electron chi connectivity index (χ4n) is 1.81. The van der Waals surface area contributed by atoms with E-state index in [0.717, 1.165) is 5.56 Å². The molecule has 0 heterocycles. The molecular formula is C16H15NO2. The van der Waals surface area contributed by atoms with Crippen molar-refractivity contribution in [3.05, 3.63) is 65.7 Å². The molecule has 0 atom stereocenters. The maximum absolute atomic E-state index is 11.9. The van der Waals surface area contributed by atoms with Crippen LogP contribution in [0.5, 0.6) is 0 Å². The summed E-state index contributed by atoms with van der Waals surface area (Å²) in [6.07, 6.45) is 0.773. The second-order valence-electron chi connectivity index (χ2n) is 4.36. The van der Waals surface area contributed by atoms with Crippen molar-refractivity contribution in [2.24, 2.45) is 0 Å². The number of carbonyl (C=O) groups excluding carboxylic acids is 2. The Balaban J connectivity index is 1.95. The van der Waals surface area contributed by atoms with Crippen LogP contribution in [-0.4, -0.2) is 11.6 Å². The highest BCUT2D eigenvalue weighted by Gasteiger charge is 2.15. The van der Waals surface area contributed by atoms with Gasteiger partial charge in [-0.05, 0) is 24.1 Å². The van der Waals surface area contributed by atoms with Crippen LogP contribution in [0.25, 0.3) is 0 Å². The van der Waals surface area contributed by atoms with Crippen LogP contribution in [-0.2, 0) is 11.2 Å². The molecule has 0 bridgehead atoms. The van der Waals surface area contributed by atoms with E-state index in [1.807, 2.05) is 18.2 Å². The van der Waals surface area contributed by atoms with Crippen LogP contribution in [0.15, 0.2) is 54.6 Å². The molecule has 0 spiro atoms. The van der Waals surface area contributed by atoms with Crippen molar-refractivity contribution in [3.63, 3.8) is 0 Å². The molecule has 96 valence electrons. The van der Waals surface area contributed by atoms with Crippen molar-refractivity contribution in [2.45, 2.75) is 12.8 Å². The fourth-order valence-corrected chi connectivity index (χ4v) is 1.81. The smallest absolute Gasteiger partial charge is 0.228 e. The summed E-state index contributed by atoms with van der Waals surface area (Å²) in [7, 11) is 0. The van der Waals surface area contributed by atoms with Gasteiger partial charge in [-0.25, -0.2) is 0 Å². The molecule has 2 aromatic rings. The monoisotopic (exact) mass is 253 g/mol. The summed E-state index contributed by atoms with van der Waals surface area (Å²) in [5, 5.41) is 0. The van der Waals surface area contributed by atoms with E-state index in [0.29, 0.717) is 17.7 Å². The zero-order valence-corrected chi connectivity index (χ0v) is 10.5. The molecule has 19 heavy (non-hydrogen) atoms. The van der Waals surface area contributed by atoms with Crippen LogP contribution in [0.4, 0.5) is 5.69 Å². The van der Waals surface area contributed by atoms with Gasteiger partial charge in [0.15, 0.2) is 0 Å². The first-order chi connectivity index (χ1) is 9.16. The second kappa shape index (κ2) is 5.96. The van der Waals surface area contributed by atoms with Crippen molar-refractivity contribution in [1.29, 1.82) is 0 Å². The van der Waals surface area contributed by atoms with E-state index in [4.69, 9.17) is 5.73 Å². The Hall–Kier alpha value is -2.42. The first-order valence-corrected chi connectivity index (χ1v) is 6.14. The maximum atomic E-state index is 11.9. The zero-order valence-electron chi connectivity index (χ0n) is 10.5. The Bertz CT molecular complexity index is 573. The van der Waals surface area contributed by atoms with Crippen molar-refractivity contribution in [3.8, 4) is 0 Å². The summed E-state index contributed by atoms with van der Waals surface area (Å²) in [5.41, 5.74) is 7.73. The van der Waals surface area contributed by atoms with Gasteiger partial charge < -0.3 is 5.73 Å². The van der Waals surface area contributed by atoms with E-state index < -0.39 is 5.78 Å². The molecular weight excluding hydrogens is 238 g/mol. The third-order valence-electron chi connectivity index (χ3n) is 2.91. The summed E-state index contributed by atoms with van der Waals surface area (Å²) in [6, 6.07) is 16.0. The van der Waals surface area contributed by atoms with Gasteiger partial charge in [-0.3, -0.25) is 9.59 Å². The molecule has 2 aromatic carbocycles. The minimum atomic E-state index is -0.420. The molecule has 0 radical (unpaired) electrons. The quantitative estimate of drug-likeness (QED) is 0.506. The molecule has 0 aromatic heterocycles. The Morgan fingerprint density at radius 3 is 2.16 bits per heavy atom. The van der Waals surface area contributed by atoms with Gasteiger partial charge in [0, 0.05) is 17.7 Å². The van der Waals surface area contributed by atoms with Crippen molar-refractivity contribution in [1.82, 2.24) is 0 Å². The first-order valence-electron chi connectivity index (χ1n) is 6.14. The van der Waals surface area contributed by atoms with Crippen molar-refractivity contribution in [2.75, 3.05) is 5.73 Å². The normalized spacial score (nSPS) is 10.1. The molecule has 0 fully saturated rings. The molecule has 2 rings (SSSR count). The molecule has 0 saturated heterocycles. The highest BCUT2D eigenvalue weighted by Crippen LogP contribution is 2.09. The summed E-state index contributed by atoms with van der Waals surface area (Å²) in [6.45, 7) is 0. The number of ketones is 2. The molecule has 0 aliphatic carbocycles. The highest BCUT2D eigenvalue weighted by atomic mass is 16.2. The average molecular weight is 253 g/mol. The average Bonchev–Trinajstić information content (AvgIpc) is 2.46. The number of nitrogen functional groups attached to an aromatic ring is 1. The van der Waals surface area contributed by atoms with Crippen LogP contribution < -0.4 is 5.73 Å². The Morgan fingerprint density at radius 1 is 0.895 bits per heavy atom. The molecule has 0 aliphatic heterocycles. The number of aryl methyl sites for hydroxylation is 1. The number of nitrogens with two attached hydrogens (primary N) is 1. The number of hydrogen-bond acceptors (Lipinski definition) is 3. The third-order valence-corrected chi connectivity index (χ3v) is 2.91. The number of rotatable bonds is 5. The lowest BCUT2D eigenvalue weighted by molar-refractivity contribution is -0.115. The second-order valence-corrected chi connectivity index (χ2v) is 4.36. The summed E-state index contributed by atoms with van der Waals surface area (Å²) < 4.78 is 0. The fraction of sp³-hybridized carbons (Fsp3) is 0.125. The predicted molar refractivity (Wildman–Crippen MR) is 75.0 cm³/mol. The van der Waals surface area contributed by atoms with Crippen LogP contribution in [0.2, 0.25) is 0 Å². The largest absolute Gasteiger partial charge is 0.399 e. The minimum Gasteiger partial charge on any atom is -0.399 e. The Kier molecular flexibility index (Phi) is 4.08. The predicted octanol–water partition coefficient (Wildman–Crippen LogP) is 2.65. The first kappa shape index (κ1) is 13.0. The van der Waals surface area contributed by atoms with Gasteiger partial charge in [-0.2, -0.15) is 0 Å². The summed E-state index contributed by atoms with van der Waals surface area (Å²) >= 11 is 0. The Morgan fingerprint density at radius 2 is 1.53 bits per heavy atom. The molecule has 0 saturated carbocycles. The van der Waals surface area contributed by atoms with Crippen molar-refractivity contribution >= 4 is 17.3 Å².